The van der Waals surface area contributed by atoms with Crippen LogP contribution in [0, 0.1) is 0 Å². The van der Waals surface area contributed by atoms with Crippen molar-refractivity contribution < 1.29 is 27.1 Å². The third-order valence-corrected chi connectivity index (χ3v) is 3.91. The van der Waals surface area contributed by atoms with Gasteiger partial charge in [-0.3, -0.25) is 4.79 Å². The second-order valence-electron chi connectivity index (χ2n) is 5.24. The topological polar surface area (TPSA) is 60.2 Å². The number of aromatic nitrogens is 3. The zero-order chi connectivity index (χ0) is 18.3. The Hall–Kier alpha value is -2.36. The highest BCUT2D eigenvalue weighted by molar-refractivity contribution is 6.29. The molecule has 0 aliphatic carbocycles. The summed E-state index contributed by atoms with van der Waals surface area (Å²) in [5.74, 6) is -1.56. The lowest BCUT2D eigenvalue weighted by molar-refractivity contribution is -0.0535. The number of carbonyl (C=O) groups is 1. The molecule has 0 saturated carbocycles. The number of amides is 1. The van der Waals surface area contributed by atoms with Crippen LogP contribution in [0.15, 0.2) is 12.1 Å². The maximum absolute atomic E-state index is 13.3. The summed E-state index contributed by atoms with van der Waals surface area (Å²) in [6.07, 6.45) is -2.70. The number of likely N-dealkylation sites (N-methyl/N-ethyl adjacent to an activating group) is 1. The molecule has 0 N–H and O–H groups in total. The molecular formula is C14H11ClF4N4O2. The first-order chi connectivity index (χ1) is 11.8. The maximum atomic E-state index is 13.3. The monoisotopic (exact) mass is 378 g/mol. The van der Waals surface area contributed by atoms with Gasteiger partial charge >= 0.3 is 6.61 Å². The average molecular weight is 379 g/mol. The minimum Gasteiger partial charge on any atom is -0.414 e. The minimum absolute atomic E-state index is 0.0840. The number of pyridine rings is 1. The van der Waals surface area contributed by atoms with E-state index in [1.807, 2.05) is 0 Å². The van der Waals surface area contributed by atoms with Crippen LogP contribution in [0.4, 0.5) is 17.6 Å². The molecule has 0 aromatic carbocycles. The largest absolute Gasteiger partial charge is 0.414 e. The predicted octanol–water partition coefficient (Wildman–Crippen LogP) is 3.09. The Morgan fingerprint density at radius 3 is 2.64 bits per heavy atom. The van der Waals surface area contributed by atoms with E-state index in [-0.39, 0.29) is 35.2 Å². The molecule has 11 heteroatoms. The number of nitrogens with zero attached hydrogens (tertiary/aromatic N) is 4. The molecule has 134 valence electrons. The van der Waals surface area contributed by atoms with Crippen LogP contribution in [-0.2, 0) is 6.42 Å². The molecule has 0 unspecified atom stereocenters. The van der Waals surface area contributed by atoms with Crippen LogP contribution >= 0.6 is 11.6 Å². The van der Waals surface area contributed by atoms with Crippen molar-refractivity contribution in [2.24, 2.45) is 0 Å². The van der Waals surface area contributed by atoms with Crippen molar-refractivity contribution in [2.45, 2.75) is 19.5 Å². The molecule has 0 atom stereocenters. The first kappa shape index (κ1) is 17.5. The fourth-order valence-electron chi connectivity index (χ4n) is 2.56. The molecule has 1 amide bonds. The summed E-state index contributed by atoms with van der Waals surface area (Å²) in [7, 11) is 1.48. The Morgan fingerprint density at radius 2 is 2.00 bits per heavy atom. The van der Waals surface area contributed by atoms with Gasteiger partial charge in [-0.15, -0.1) is 5.10 Å². The van der Waals surface area contributed by atoms with Gasteiger partial charge in [0.05, 0.1) is 11.3 Å². The van der Waals surface area contributed by atoms with E-state index < -0.39 is 30.4 Å². The molecule has 6 nitrogen and oxygen atoms in total. The van der Waals surface area contributed by atoms with Crippen molar-refractivity contribution in [3.8, 4) is 11.7 Å². The molecule has 2 aromatic heterocycles. The molecule has 25 heavy (non-hydrogen) atoms. The van der Waals surface area contributed by atoms with E-state index in [1.54, 1.807) is 0 Å². The van der Waals surface area contributed by atoms with E-state index in [0.29, 0.717) is 0 Å². The molecule has 0 fully saturated rings. The van der Waals surface area contributed by atoms with Crippen LogP contribution in [0.2, 0.25) is 5.15 Å². The number of hydrogen-bond acceptors (Lipinski definition) is 4. The highest BCUT2D eigenvalue weighted by Crippen LogP contribution is 2.33. The lowest BCUT2D eigenvalue weighted by Crippen LogP contribution is -2.34. The van der Waals surface area contributed by atoms with E-state index in [2.05, 4.69) is 14.8 Å². The molecule has 3 rings (SSSR count). The SMILES string of the molecule is CN1CCc2c(c(OC(F)F)nn2-c2nc(Cl)ccc2C(F)F)C1=O. The van der Waals surface area contributed by atoms with Crippen molar-refractivity contribution in [3.63, 3.8) is 0 Å². The zero-order valence-electron chi connectivity index (χ0n) is 12.7. The van der Waals surface area contributed by atoms with Crippen LogP contribution in [0.25, 0.3) is 5.82 Å². The van der Waals surface area contributed by atoms with Gasteiger partial charge in [0.1, 0.15) is 10.7 Å². The zero-order valence-corrected chi connectivity index (χ0v) is 13.5. The second-order valence-corrected chi connectivity index (χ2v) is 5.63. The van der Waals surface area contributed by atoms with Crippen molar-refractivity contribution >= 4 is 17.5 Å². The van der Waals surface area contributed by atoms with Crippen molar-refractivity contribution in [1.29, 1.82) is 0 Å². The molecular weight excluding hydrogens is 368 g/mol. The van der Waals surface area contributed by atoms with E-state index in [4.69, 9.17) is 11.6 Å². The molecule has 0 bridgehead atoms. The van der Waals surface area contributed by atoms with Gasteiger partial charge in [0, 0.05) is 20.0 Å². The standard InChI is InChI=1S/C14H11ClF4N4O2/c1-22-5-4-7-9(13(22)24)12(25-14(18)19)21-23(7)11-6(10(16)17)2-3-8(15)20-11/h2-3,10,14H,4-5H2,1H3. The Bertz CT molecular complexity index is 827. The number of fused-ring (bicyclic) bond motifs is 1. The normalized spacial score (nSPS) is 14.4. The maximum Gasteiger partial charge on any atom is 0.388 e. The molecule has 0 spiro atoms. The van der Waals surface area contributed by atoms with Crippen LogP contribution in [0.1, 0.15) is 28.0 Å². The van der Waals surface area contributed by atoms with Crippen molar-refractivity contribution in [2.75, 3.05) is 13.6 Å². The Kier molecular flexibility index (Phi) is 4.55. The number of ether oxygens (including phenoxy) is 1. The quantitative estimate of drug-likeness (QED) is 0.606. The molecule has 1 aliphatic rings. The number of halogens is 5. The van der Waals surface area contributed by atoms with Crippen LogP contribution < -0.4 is 4.74 Å². The highest BCUT2D eigenvalue weighted by atomic mass is 35.5. The molecule has 3 heterocycles. The number of carbonyl (C=O) groups excluding carboxylic acids is 1. The van der Waals surface area contributed by atoms with Gasteiger partial charge in [-0.05, 0) is 12.1 Å². The molecule has 1 aliphatic heterocycles. The Balaban J connectivity index is 2.23. The summed E-state index contributed by atoms with van der Waals surface area (Å²) in [5.41, 5.74) is -0.531. The first-order valence-electron chi connectivity index (χ1n) is 7.06. The van der Waals surface area contributed by atoms with Gasteiger partial charge in [0.25, 0.3) is 18.2 Å². The third-order valence-electron chi connectivity index (χ3n) is 3.70. The van der Waals surface area contributed by atoms with E-state index in [9.17, 15) is 22.4 Å². The Morgan fingerprint density at radius 1 is 1.28 bits per heavy atom. The predicted molar refractivity (Wildman–Crippen MR) is 78.6 cm³/mol. The lowest BCUT2D eigenvalue weighted by atomic mass is 10.1. The van der Waals surface area contributed by atoms with Gasteiger partial charge < -0.3 is 9.64 Å². The minimum atomic E-state index is -3.23. The summed E-state index contributed by atoms with van der Waals surface area (Å²) in [5, 5.41) is 3.70. The number of hydrogen-bond donors (Lipinski definition) is 0. The summed E-state index contributed by atoms with van der Waals surface area (Å²) in [6, 6.07) is 2.24. The first-order valence-corrected chi connectivity index (χ1v) is 7.44. The fourth-order valence-corrected chi connectivity index (χ4v) is 2.70. The highest BCUT2D eigenvalue weighted by Gasteiger charge is 2.34. The van der Waals surface area contributed by atoms with Crippen molar-refractivity contribution in [3.05, 3.63) is 34.1 Å². The second kappa shape index (κ2) is 6.51. The smallest absolute Gasteiger partial charge is 0.388 e. The van der Waals surface area contributed by atoms with Crippen LogP contribution in [0.5, 0.6) is 5.88 Å². The summed E-state index contributed by atoms with van der Waals surface area (Å²) in [6.45, 7) is -2.97. The van der Waals surface area contributed by atoms with E-state index in [0.717, 1.165) is 10.7 Å². The lowest BCUT2D eigenvalue weighted by Gasteiger charge is -2.23. The van der Waals surface area contributed by atoms with Gasteiger partial charge in [-0.1, -0.05) is 11.6 Å². The number of rotatable bonds is 4. The Labute approximate surface area is 143 Å². The van der Waals surface area contributed by atoms with Gasteiger partial charge in [0.2, 0.25) is 0 Å². The number of alkyl halides is 4. The average Bonchev–Trinajstić information content (AvgIpc) is 2.88. The third kappa shape index (κ3) is 3.13. The molecule has 0 radical (unpaired) electrons. The summed E-state index contributed by atoms with van der Waals surface area (Å²) in [4.78, 5) is 17.4. The van der Waals surface area contributed by atoms with Gasteiger partial charge in [-0.25, -0.2) is 18.4 Å². The van der Waals surface area contributed by atoms with Crippen LogP contribution in [-0.4, -0.2) is 45.8 Å². The molecule has 2 aromatic rings. The summed E-state index contributed by atoms with van der Waals surface area (Å²) >= 11 is 5.77. The molecule has 0 saturated heterocycles. The van der Waals surface area contributed by atoms with E-state index in [1.165, 1.54) is 18.0 Å². The van der Waals surface area contributed by atoms with E-state index >= 15 is 0 Å². The summed E-state index contributed by atoms with van der Waals surface area (Å²) < 4.78 is 57.1. The van der Waals surface area contributed by atoms with Crippen LogP contribution in [0.3, 0.4) is 0 Å². The van der Waals surface area contributed by atoms with Gasteiger partial charge in [0.15, 0.2) is 5.82 Å². The fraction of sp³-hybridized carbons (Fsp3) is 0.357. The van der Waals surface area contributed by atoms with Gasteiger partial charge in [-0.2, -0.15) is 8.78 Å². The van der Waals surface area contributed by atoms with Crippen molar-refractivity contribution in [1.82, 2.24) is 19.7 Å².